The molecule has 0 fully saturated rings. The molecular weight excluding hydrogens is 281 g/mol. The summed E-state index contributed by atoms with van der Waals surface area (Å²) in [7, 11) is 0. The molecule has 5 heteroatoms. The molecule has 2 rings (SSSR count). The molecule has 0 heterocycles. The van der Waals surface area contributed by atoms with E-state index in [1.165, 1.54) is 0 Å². The number of hydrogen-bond acceptors (Lipinski definition) is 2. The lowest BCUT2D eigenvalue weighted by molar-refractivity contribution is 0.280. The summed E-state index contributed by atoms with van der Waals surface area (Å²) in [4.78, 5) is 0. The molecule has 0 spiro atoms. The van der Waals surface area contributed by atoms with Gasteiger partial charge in [0.15, 0.2) is 17.5 Å². The van der Waals surface area contributed by atoms with E-state index in [2.05, 4.69) is 0 Å². The summed E-state index contributed by atoms with van der Waals surface area (Å²) in [6.07, 6.45) is 0. The lowest BCUT2D eigenvalue weighted by Crippen LogP contribution is -2.00. The van der Waals surface area contributed by atoms with E-state index < -0.39 is 17.5 Å². The van der Waals surface area contributed by atoms with Crippen LogP contribution in [0.5, 0.6) is 5.75 Å². The van der Waals surface area contributed by atoms with Crippen molar-refractivity contribution < 1.29 is 23.0 Å². The van der Waals surface area contributed by atoms with E-state index in [9.17, 15) is 18.3 Å². The molecule has 0 atom stereocenters. The summed E-state index contributed by atoms with van der Waals surface area (Å²) in [6, 6.07) is 5.18. The van der Waals surface area contributed by atoms with Crippen LogP contribution in [-0.2, 0) is 6.61 Å². The molecule has 0 unspecified atom stereocenters. The van der Waals surface area contributed by atoms with Gasteiger partial charge >= 0.3 is 0 Å². The van der Waals surface area contributed by atoms with Gasteiger partial charge in [-0.25, -0.2) is 13.2 Å². The minimum atomic E-state index is -1.53. The molecule has 0 aliphatic rings. The Labute approximate surface area is 120 Å². The van der Waals surface area contributed by atoms with Crippen molar-refractivity contribution in [2.45, 2.75) is 20.5 Å². The van der Waals surface area contributed by atoms with Crippen LogP contribution >= 0.6 is 0 Å². The molecule has 2 aromatic rings. The van der Waals surface area contributed by atoms with E-state index in [4.69, 9.17) is 4.74 Å². The summed E-state index contributed by atoms with van der Waals surface area (Å²) in [6.45, 7) is 3.66. The van der Waals surface area contributed by atoms with Crippen molar-refractivity contribution in [2.75, 3.05) is 6.61 Å². The van der Waals surface area contributed by atoms with Crippen LogP contribution in [-0.4, -0.2) is 11.7 Å². The maximum Gasteiger partial charge on any atom is 0.195 e. The molecule has 0 saturated heterocycles. The second-order valence-corrected chi connectivity index (χ2v) is 4.59. The van der Waals surface area contributed by atoms with E-state index in [0.717, 1.165) is 12.1 Å². The van der Waals surface area contributed by atoms with Gasteiger partial charge in [0.05, 0.1) is 13.2 Å². The predicted octanol–water partition coefficient (Wildman–Crippen LogP) is 3.97. The van der Waals surface area contributed by atoms with Gasteiger partial charge in [-0.3, -0.25) is 0 Å². The van der Waals surface area contributed by atoms with Gasteiger partial charge in [-0.05, 0) is 54.8 Å². The van der Waals surface area contributed by atoms with E-state index >= 15 is 0 Å². The van der Waals surface area contributed by atoms with Crippen LogP contribution in [0.2, 0.25) is 0 Å². The van der Waals surface area contributed by atoms with Crippen molar-refractivity contribution in [1.29, 1.82) is 0 Å². The molecule has 2 aromatic carbocycles. The first-order valence-electron chi connectivity index (χ1n) is 6.50. The Balaban J connectivity index is 2.64. The average Bonchev–Trinajstić information content (AvgIpc) is 2.47. The van der Waals surface area contributed by atoms with Gasteiger partial charge in [0, 0.05) is 5.56 Å². The molecule has 0 amide bonds. The van der Waals surface area contributed by atoms with Crippen LogP contribution in [0.4, 0.5) is 13.2 Å². The lowest BCUT2D eigenvalue weighted by Gasteiger charge is -2.14. The molecule has 0 aliphatic heterocycles. The summed E-state index contributed by atoms with van der Waals surface area (Å²) < 4.78 is 45.7. The van der Waals surface area contributed by atoms with Gasteiger partial charge in [0.1, 0.15) is 5.75 Å². The van der Waals surface area contributed by atoms with Crippen molar-refractivity contribution in [3.63, 3.8) is 0 Å². The van der Waals surface area contributed by atoms with Crippen LogP contribution in [0.3, 0.4) is 0 Å². The minimum Gasteiger partial charge on any atom is -0.494 e. The first-order valence-corrected chi connectivity index (χ1v) is 6.50. The fourth-order valence-electron chi connectivity index (χ4n) is 2.16. The highest BCUT2D eigenvalue weighted by atomic mass is 19.2. The summed E-state index contributed by atoms with van der Waals surface area (Å²) in [5.41, 5.74) is 1.32. The van der Waals surface area contributed by atoms with Crippen LogP contribution in [0.1, 0.15) is 18.1 Å². The third kappa shape index (κ3) is 2.88. The zero-order valence-corrected chi connectivity index (χ0v) is 11.7. The van der Waals surface area contributed by atoms with E-state index in [1.54, 1.807) is 19.1 Å². The Kier molecular flexibility index (Phi) is 4.53. The third-order valence-corrected chi connectivity index (χ3v) is 3.20. The summed E-state index contributed by atoms with van der Waals surface area (Å²) >= 11 is 0. The molecular formula is C16H15F3O2. The number of halogens is 3. The largest absolute Gasteiger partial charge is 0.494 e. The molecule has 0 saturated carbocycles. The van der Waals surface area contributed by atoms with Gasteiger partial charge in [-0.1, -0.05) is 0 Å². The summed E-state index contributed by atoms with van der Waals surface area (Å²) in [5.74, 6) is -3.48. The minimum absolute atomic E-state index is 0.0934. The zero-order chi connectivity index (χ0) is 15.6. The fraction of sp³-hybridized carbons (Fsp3) is 0.250. The van der Waals surface area contributed by atoms with E-state index in [1.807, 2.05) is 6.92 Å². The molecule has 0 aliphatic carbocycles. The Hall–Kier alpha value is -2.01. The first kappa shape index (κ1) is 15.4. The van der Waals surface area contributed by atoms with E-state index in [0.29, 0.717) is 29.0 Å². The smallest absolute Gasteiger partial charge is 0.195 e. The Morgan fingerprint density at radius 3 is 2.38 bits per heavy atom. The quantitative estimate of drug-likeness (QED) is 0.865. The van der Waals surface area contributed by atoms with Crippen LogP contribution in [0, 0.1) is 24.4 Å². The third-order valence-electron chi connectivity index (χ3n) is 3.20. The Morgan fingerprint density at radius 2 is 1.76 bits per heavy atom. The van der Waals surface area contributed by atoms with Crippen molar-refractivity contribution in [3.05, 3.63) is 52.8 Å². The standard InChI is InChI=1S/C16H15F3O2/c1-3-21-14-7-10(8-20)12(6-9(14)2)11-4-5-13(17)16(19)15(11)18/h4-7,20H,3,8H2,1-2H3. The summed E-state index contributed by atoms with van der Waals surface area (Å²) in [5, 5.41) is 9.43. The maximum atomic E-state index is 13.9. The Morgan fingerprint density at radius 1 is 1.05 bits per heavy atom. The number of rotatable bonds is 4. The predicted molar refractivity (Wildman–Crippen MR) is 73.6 cm³/mol. The van der Waals surface area contributed by atoms with Gasteiger partial charge in [-0.15, -0.1) is 0 Å². The van der Waals surface area contributed by atoms with Crippen molar-refractivity contribution in [2.24, 2.45) is 0 Å². The van der Waals surface area contributed by atoms with Crippen molar-refractivity contribution >= 4 is 0 Å². The monoisotopic (exact) mass is 296 g/mol. The zero-order valence-electron chi connectivity index (χ0n) is 11.7. The van der Waals surface area contributed by atoms with Gasteiger partial charge < -0.3 is 9.84 Å². The van der Waals surface area contributed by atoms with Gasteiger partial charge in [0.25, 0.3) is 0 Å². The molecule has 1 N–H and O–H groups in total. The van der Waals surface area contributed by atoms with Gasteiger partial charge in [0.2, 0.25) is 0 Å². The number of aliphatic hydroxyl groups excluding tert-OH is 1. The molecule has 112 valence electrons. The molecule has 0 radical (unpaired) electrons. The van der Waals surface area contributed by atoms with Crippen molar-refractivity contribution in [3.8, 4) is 16.9 Å². The lowest BCUT2D eigenvalue weighted by atomic mass is 9.96. The number of ether oxygens (including phenoxy) is 1. The molecule has 0 bridgehead atoms. The highest BCUT2D eigenvalue weighted by Gasteiger charge is 2.18. The van der Waals surface area contributed by atoms with Gasteiger partial charge in [-0.2, -0.15) is 0 Å². The van der Waals surface area contributed by atoms with E-state index in [-0.39, 0.29) is 12.2 Å². The molecule has 21 heavy (non-hydrogen) atoms. The SMILES string of the molecule is CCOc1cc(CO)c(-c2ccc(F)c(F)c2F)cc1C. The highest BCUT2D eigenvalue weighted by Crippen LogP contribution is 2.33. The van der Waals surface area contributed by atoms with Crippen molar-refractivity contribution in [1.82, 2.24) is 0 Å². The number of aliphatic hydroxyl groups is 1. The first-order chi connectivity index (χ1) is 9.99. The topological polar surface area (TPSA) is 29.5 Å². The molecule has 0 aromatic heterocycles. The number of aryl methyl sites for hydroxylation is 1. The number of hydrogen-bond donors (Lipinski definition) is 1. The fourth-order valence-corrected chi connectivity index (χ4v) is 2.16. The van der Waals surface area contributed by atoms with Crippen LogP contribution in [0.25, 0.3) is 11.1 Å². The number of benzene rings is 2. The van der Waals surface area contributed by atoms with Crippen LogP contribution in [0.15, 0.2) is 24.3 Å². The molecule has 2 nitrogen and oxygen atoms in total. The average molecular weight is 296 g/mol. The normalized spacial score (nSPS) is 10.8. The maximum absolute atomic E-state index is 13.9. The second kappa shape index (κ2) is 6.18. The second-order valence-electron chi connectivity index (χ2n) is 4.59. The Bertz CT molecular complexity index is 669. The van der Waals surface area contributed by atoms with Crippen LogP contribution < -0.4 is 4.74 Å². The highest BCUT2D eigenvalue weighted by molar-refractivity contribution is 5.70.